The number of rotatable bonds is 7. The summed E-state index contributed by atoms with van der Waals surface area (Å²) in [6, 6.07) is 14.7. The normalized spacial score (nSPS) is 11.5. The second-order valence-corrected chi connectivity index (χ2v) is 5.19. The van der Waals surface area contributed by atoms with Gasteiger partial charge in [-0.25, -0.2) is 0 Å². The highest BCUT2D eigenvalue weighted by atomic mass is 16.5. The molecule has 0 unspecified atom stereocenters. The van der Waals surface area contributed by atoms with Crippen molar-refractivity contribution in [1.29, 1.82) is 0 Å². The summed E-state index contributed by atoms with van der Waals surface area (Å²) in [4.78, 5) is 0.630. The summed E-state index contributed by atoms with van der Waals surface area (Å²) in [5, 5.41) is 16.1. The highest BCUT2D eigenvalue weighted by Gasteiger charge is 2.04. The van der Waals surface area contributed by atoms with Crippen molar-refractivity contribution in [2.45, 2.75) is 32.6 Å². The minimum atomic E-state index is 0.479. The number of unbranched alkanes of at least 4 members (excludes halogenated alkanes) is 2. The lowest BCUT2D eigenvalue weighted by Crippen LogP contribution is -1.91. The molecule has 0 radical (unpaired) electrons. The van der Waals surface area contributed by atoms with Gasteiger partial charge >= 0.3 is 0 Å². The van der Waals surface area contributed by atoms with Gasteiger partial charge < -0.3 is 9.94 Å². The zero-order valence-corrected chi connectivity index (χ0v) is 13.2. The Labute approximate surface area is 131 Å². The first-order valence-corrected chi connectivity index (χ1v) is 7.65. The van der Waals surface area contributed by atoms with E-state index in [0.717, 1.165) is 6.42 Å². The number of azo groups is 1. The van der Waals surface area contributed by atoms with Crippen LogP contribution in [0.15, 0.2) is 53.6 Å². The Kier molecular flexibility index (Phi) is 5.95. The average molecular weight is 298 g/mol. The summed E-state index contributed by atoms with van der Waals surface area (Å²) in [5.74, 6) is 0.716. The fourth-order valence-corrected chi connectivity index (χ4v) is 2.18. The third kappa shape index (κ3) is 4.58. The first-order chi connectivity index (χ1) is 10.7. The third-order valence-corrected chi connectivity index (χ3v) is 3.50. The van der Waals surface area contributed by atoms with Gasteiger partial charge in [0.1, 0.15) is 11.4 Å². The van der Waals surface area contributed by atoms with Crippen LogP contribution >= 0.6 is 0 Å². The van der Waals surface area contributed by atoms with Crippen LogP contribution in [0.2, 0.25) is 0 Å². The second kappa shape index (κ2) is 8.17. The van der Waals surface area contributed by atoms with Crippen molar-refractivity contribution in [2.24, 2.45) is 5.11 Å². The molecule has 0 saturated carbocycles. The van der Waals surface area contributed by atoms with Crippen molar-refractivity contribution >= 4 is 11.4 Å². The SMILES string of the molecule is CCCCCc1ccc(N=[N+]([O-])c2ccc(OC)cc2)cc1. The molecular weight excluding hydrogens is 276 g/mol. The van der Waals surface area contributed by atoms with Crippen LogP contribution in [0.4, 0.5) is 11.4 Å². The standard InChI is InChI=1S/C18H22N2O2/c1-3-4-5-6-15-7-9-16(10-8-15)19-20(21)17-11-13-18(22-2)14-12-17/h7-14H,3-6H2,1-2H3. The quantitative estimate of drug-likeness (QED) is 0.299. The van der Waals surface area contributed by atoms with Gasteiger partial charge in [-0.05, 0) is 42.7 Å². The van der Waals surface area contributed by atoms with E-state index in [-0.39, 0.29) is 0 Å². The molecule has 0 bridgehead atoms. The Morgan fingerprint density at radius 2 is 1.68 bits per heavy atom. The molecule has 0 fully saturated rings. The van der Waals surface area contributed by atoms with Gasteiger partial charge in [-0.15, -0.1) is 0 Å². The number of ether oxygens (including phenoxy) is 1. The summed E-state index contributed by atoms with van der Waals surface area (Å²) in [6.45, 7) is 2.20. The summed E-state index contributed by atoms with van der Waals surface area (Å²) >= 11 is 0. The summed E-state index contributed by atoms with van der Waals surface area (Å²) in [5.41, 5.74) is 2.42. The van der Waals surface area contributed by atoms with E-state index in [9.17, 15) is 5.21 Å². The minimum absolute atomic E-state index is 0.479. The molecule has 0 heterocycles. The van der Waals surface area contributed by atoms with Gasteiger partial charge in [-0.1, -0.05) is 36.8 Å². The van der Waals surface area contributed by atoms with Crippen LogP contribution in [0.1, 0.15) is 31.7 Å². The van der Waals surface area contributed by atoms with Crippen molar-refractivity contribution in [1.82, 2.24) is 0 Å². The molecule has 0 aliphatic carbocycles. The molecule has 22 heavy (non-hydrogen) atoms. The van der Waals surface area contributed by atoms with Gasteiger partial charge in [-0.2, -0.15) is 0 Å². The fourth-order valence-electron chi connectivity index (χ4n) is 2.18. The molecule has 0 aliphatic rings. The molecular formula is C18H22N2O2. The molecule has 2 aromatic carbocycles. The van der Waals surface area contributed by atoms with Gasteiger partial charge in [0.05, 0.1) is 7.11 Å². The molecule has 2 rings (SSSR count). The smallest absolute Gasteiger partial charge is 0.245 e. The number of methoxy groups -OCH3 is 1. The van der Waals surface area contributed by atoms with Crippen molar-refractivity contribution < 1.29 is 9.60 Å². The Morgan fingerprint density at radius 3 is 2.27 bits per heavy atom. The molecule has 0 saturated heterocycles. The number of benzene rings is 2. The first-order valence-electron chi connectivity index (χ1n) is 7.65. The van der Waals surface area contributed by atoms with Crippen molar-refractivity contribution in [3.8, 4) is 5.75 Å². The molecule has 0 amide bonds. The Balaban J connectivity index is 2.04. The Morgan fingerprint density at radius 1 is 1.00 bits per heavy atom. The van der Waals surface area contributed by atoms with E-state index >= 15 is 0 Å². The van der Waals surface area contributed by atoms with Crippen LogP contribution < -0.4 is 4.74 Å². The van der Waals surface area contributed by atoms with E-state index in [2.05, 4.69) is 12.0 Å². The minimum Gasteiger partial charge on any atom is -0.594 e. The summed E-state index contributed by atoms with van der Waals surface area (Å²) < 4.78 is 5.07. The Hall–Kier alpha value is -2.36. The molecule has 0 atom stereocenters. The molecule has 4 heteroatoms. The van der Waals surface area contributed by atoms with Crippen molar-refractivity contribution in [2.75, 3.05) is 7.11 Å². The van der Waals surface area contributed by atoms with E-state index in [0.29, 0.717) is 22.0 Å². The summed E-state index contributed by atoms with van der Waals surface area (Å²) in [6.07, 6.45) is 4.75. The van der Waals surface area contributed by atoms with E-state index < -0.39 is 0 Å². The topological polar surface area (TPSA) is 47.7 Å². The van der Waals surface area contributed by atoms with Crippen LogP contribution in [-0.4, -0.2) is 12.0 Å². The maximum absolute atomic E-state index is 12.0. The lowest BCUT2D eigenvalue weighted by molar-refractivity contribution is -0.435. The molecule has 0 aromatic heterocycles. The number of hydrogen-bond acceptors (Lipinski definition) is 3. The maximum Gasteiger partial charge on any atom is 0.245 e. The van der Waals surface area contributed by atoms with Crippen LogP contribution in [0.3, 0.4) is 0 Å². The molecule has 4 nitrogen and oxygen atoms in total. The first kappa shape index (κ1) is 16.0. The predicted molar refractivity (Wildman–Crippen MR) is 88.0 cm³/mol. The highest BCUT2D eigenvalue weighted by molar-refractivity contribution is 5.39. The Bertz CT molecular complexity index is 604. The number of hydrogen-bond donors (Lipinski definition) is 0. The zero-order chi connectivity index (χ0) is 15.8. The van der Waals surface area contributed by atoms with Gasteiger partial charge in [0.15, 0.2) is 0 Å². The van der Waals surface area contributed by atoms with E-state index in [1.807, 2.05) is 24.3 Å². The van der Waals surface area contributed by atoms with Gasteiger partial charge in [-0.3, -0.25) is 0 Å². The highest BCUT2D eigenvalue weighted by Crippen LogP contribution is 2.21. The largest absolute Gasteiger partial charge is 0.594 e. The van der Waals surface area contributed by atoms with Crippen molar-refractivity contribution in [3.05, 3.63) is 59.3 Å². The van der Waals surface area contributed by atoms with Crippen LogP contribution in [0.25, 0.3) is 0 Å². The lowest BCUT2D eigenvalue weighted by atomic mass is 10.1. The predicted octanol–water partition coefficient (Wildman–Crippen LogP) is 5.35. The van der Waals surface area contributed by atoms with E-state index in [1.54, 1.807) is 31.4 Å². The van der Waals surface area contributed by atoms with E-state index in [4.69, 9.17) is 4.74 Å². The van der Waals surface area contributed by atoms with Crippen LogP contribution in [0, 0.1) is 5.21 Å². The van der Waals surface area contributed by atoms with Gasteiger partial charge in [0.25, 0.3) is 0 Å². The number of aryl methyl sites for hydroxylation is 1. The fraction of sp³-hybridized carbons (Fsp3) is 0.333. The van der Waals surface area contributed by atoms with Crippen molar-refractivity contribution in [3.63, 3.8) is 0 Å². The lowest BCUT2D eigenvalue weighted by Gasteiger charge is -2.03. The molecule has 0 spiro atoms. The molecule has 2 aromatic rings. The maximum atomic E-state index is 12.0. The number of nitrogens with zero attached hydrogens (tertiary/aromatic N) is 2. The van der Waals surface area contributed by atoms with E-state index in [1.165, 1.54) is 24.8 Å². The monoisotopic (exact) mass is 298 g/mol. The van der Waals surface area contributed by atoms with Gasteiger partial charge in [0, 0.05) is 17.2 Å². The average Bonchev–Trinajstić information content (AvgIpc) is 2.57. The summed E-state index contributed by atoms with van der Waals surface area (Å²) in [7, 11) is 1.59. The molecule has 0 aliphatic heterocycles. The second-order valence-electron chi connectivity index (χ2n) is 5.19. The molecule has 116 valence electrons. The van der Waals surface area contributed by atoms with Crippen LogP contribution in [-0.2, 0) is 6.42 Å². The zero-order valence-electron chi connectivity index (χ0n) is 13.2. The third-order valence-electron chi connectivity index (χ3n) is 3.50. The molecule has 0 N–H and O–H groups in total. The van der Waals surface area contributed by atoms with Gasteiger partial charge in [0.2, 0.25) is 5.69 Å². The van der Waals surface area contributed by atoms with Crippen LogP contribution in [0.5, 0.6) is 5.75 Å².